The Hall–Kier alpha value is -3.99. The van der Waals surface area contributed by atoms with Crippen molar-refractivity contribution in [1.29, 1.82) is 0 Å². The van der Waals surface area contributed by atoms with Gasteiger partial charge < -0.3 is 14.5 Å². The zero-order chi connectivity index (χ0) is 32.7. The van der Waals surface area contributed by atoms with E-state index in [1.807, 2.05) is 36.9 Å². The minimum atomic E-state index is -4.19. The van der Waals surface area contributed by atoms with Crippen LogP contribution in [0.15, 0.2) is 53.4 Å². The predicted molar refractivity (Wildman–Crippen MR) is 173 cm³/mol. The summed E-state index contributed by atoms with van der Waals surface area (Å²) >= 11 is 0. The summed E-state index contributed by atoms with van der Waals surface area (Å²) < 4.78 is 36.0. The fraction of sp³-hybridized carbons (Fsp3) is 0.471. The molecular weight excluding hydrogens is 590 g/mol. The van der Waals surface area contributed by atoms with Crippen LogP contribution in [0.2, 0.25) is 0 Å². The van der Waals surface area contributed by atoms with Crippen LogP contribution < -0.4 is 9.46 Å². The molecule has 2 amide bonds. The third-order valence-electron chi connectivity index (χ3n) is 8.68. The molecule has 1 aromatic heterocycles. The normalized spacial score (nSPS) is 21.7. The summed E-state index contributed by atoms with van der Waals surface area (Å²) in [4.78, 5) is 40.2. The second-order valence-electron chi connectivity index (χ2n) is 13.7. The van der Waals surface area contributed by atoms with Crippen molar-refractivity contribution in [2.24, 2.45) is 17.3 Å². The van der Waals surface area contributed by atoms with Gasteiger partial charge in [0.1, 0.15) is 13.2 Å². The number of hydrogen-bond acceptors (Lipinski definition) is 7. The Balaban J connectivity index is 1.63. The number of fused-ring (bicyclic) bond motifs is 4. The maximum absolute atomic E-state index is 14.3. The second kappa shape index (κ2) is 12.4. The number of amides is 2. The lowest BCUT2D eigenvalue weighted by Crippen LogP contribution is -2.50. The number of likely N-dealkylation sites (tertiary alicyclic amines) is 1. The number of sulfonamides is 1. The first kappa shape index (κ1) is 32.4. The fourth-order valence-electron chi connectivity index (χ4n) is 6.13. The topological polar surface area (TPSA) is 122 Å². The molecule has 0 unspecified atom stereocenters. The van der Waals surface area contributed by atoms with E-state index < -0.39 is 22.0 Å². The zero-order valence-electron chi connectivity index (χ0n) is 27.1. The molecule has 240 valence electrons. The standard InChI is InChI=1S/C34H43N5O5S/c1-21-10-8-11-22(2)31(21)28-15-29-36-33(35-28)37-45(42,43)27-13-9-12-25(14-27)32(41)39(26(20-44-29)16-34(5,6)7)19-30(40)38-17-23(3)24(4)18-38/h8-15,23-24,26H,16-20H2,1-7H3,(H,35,36,37)/t23-,24+,26-/m1/s1. The van der Waals surface area contributed by atoms with Crippen molar-refractivity contribution in [3.8, 4) is 17.1 Å². The van der Waals surface area contributed by atoms with Crippen LogP contribution in [0.5, 0.6) is 5.88 Å². The van der Waals surface area contributed by atoms with Crippen LogP contribution in [0.3, 0.4) is 0 Å². The summed E-state index contributed by atoms with van der Waals surface area (Å²) in [6.45, 7) is 15.5. The van der Waals surface area contributed by atoms with Crippen molar-refractivity contribution >= 4 is 27.8 Å². The fourth-order valence-corrected chi connectivity index (χ4v) is 7.11. The highest BCUT2D eigenvalue weighted by molar-refractivity contribution is 7.92. The predicted octanol–water partition coefficient (Wildman–Crippen LogP) is 5.32. The number of nitrogens with zero attached hydrogens (tertiary/aromatic N) is 4. The van der Waals surface area contributed by atoms with Crippen LogP contribution in [0.25, 0.3) is 11.3 Å². The Morgan fingerprint density at radius 3 is 2.29 bits per heavy atom. The highest BCUT2D eigenvalue weighted by Crippen LogP contribution is 2.32. The number of hydrogen-bond donors (Lipinski definition) is 1. The molecule has 2 aliphatic rings. The molecule has 0 aliphatic carbocycles. The van der Waals surface area contributed by atoms with Crippen LogP contribution >= 0.6 is 0 Å². The molecule has 45 heavy (non-hydrogen) atoms. The van der Waals surface area contributed by atoms with Gasteiger partial charge in [0.25, 0.3) is 15.9 Å². The van der Waals surface area contributed by atoms with Gasteiger partial charge in [-0.1, -0.05) is 58.9 Å². The minimum Gasteiger partial charge on any atom is -0.475 e. The first-order valence-corrected chi connectivity index (χ1v) is 16.9. The number of anilines is 1. The van der Waals surface area contributed by atoms with Crippen LogP contribution in [0, 0.1) is 31.1 Å². The van der Waals surface area contributed by atoms with Crippen molar-refractivity contribution in [2.75, 3.05) is 31.0 Å². The summed E-state index contributed by atoms with van der Waals surface area (Å²) in [6, 6.07) is 12.9. The molecule has 0 saturated carbocycles. The van der Waals surface area contributed by atoms with Gasteiger partial charge in [0, 0.05) is 30.3 Å². The van der Waals surface area contributed by atoms with Crippen molar-refractivity contribution in [1.82, 2.24) is 19.8 Å². The maximum Gasteiger partial charge on any atom is 0.264 e. The van der Waals surface area contributed by atoms with Gasteiger partial charge in [0.15, 0.2) is 0 Å². The zero-order valence-corrected chi connectivity index (χ0v) is 27.9. The first-order chi connectivity index (χ1) is 21.1. The highest BCUT2D eigenvalue weighted by atomic mass is 32.2. The number of nitrogens with one attached hydrogen (secondary N) is 1. The highest BCUT2D eigenvalue weighted by Gasteiger charge is 2.36. The van der Waals surface area contributed by atoms with Gasteiger partial charge in [-0.2, -0.15) is 4.98 Å². The number of carbonyl (C=O) groups excluding carboxylic acids is 2. The van der Waals surface area contributed by atoms with E-state index in [0.717, 1.165) is 16.7 Å². The molecule has 10 nitrogen and oxygen atoms in total. The quantitative estimate of drug-likeness (QED) is 0.413. The maximum atomic E-state index is 14.3. The van der Waals surface area contributed by atoms with Crippen molar-refractivity contribution in [3.05, 3.63) is 65.2 Å². The van der Waals surface area contributed by atoms with Crippen LogP contribution in [0.4, 0.5) is 5.95 Å². The van der Waals surface area contributed by atoms with E-state index >= 15 is 0 Å². The third kappa shape index (κ3) is 7.30. The Labute approximate surface area is 266 Å². The Morgan fingerprint density at radius 2 is 1.64 bits per heavy atom. The molecule has 1 fully saturated rings. The monoisotopic (exact) mass is 633 g/mol. The summed E-state index contributed by atoms with van der Waals surface area (Å²) in [5.41, 5.74) is 3.21. The van der Waals surface area contributed by atoms with Gasteiger partial charge in [-0.3, -0.25) is 9.59 Å². The molecule has 5 rings (SSSR count). The lowest BCUT2D eigenvalue weighted by molar-refractivity contribution is -0.131. The SMILES string of the molecule is Cc1cccc(C)c1-c1cc2nc(n1)NS(=O)(=O)c1cccc(c1)C(=O)N(CC(=O)N1C[C@@H](C)[C@@H](C)C1)[C@H](CC(C)(C)C)CO2. The second-order valence-corrected chi connectivity index (χ2v) is 15.4. The van der Waals surface area contributed by atoms with Crippen molar-refractivity contribution < 1.29 is 22.7 Å². The van der Waals surface area contributed by atoms with Crippen LogP contribution in [0.1, 0.15) is 62.5 Å². The lowest BCUT2D eigenvalue weighted by atomic mass is 9.87. The number of carbonyl (C=O) groups is 2. The summed E-state index contributed by atoms with van der Waals surface area (Å²) in [7, 11) is -4.19. The van der Waals surface area contributed by atoms with E-state index in [-0.39, 0.29) is 46.8 Å². The molecule has 3 aromatic rings. The van der Waals surface area contributed by atoms with E-state index in [1.54, 1.807) is 17.0 Å². The number of rotatable bonds is 4. The van der Waals surface area contributed by atoms with E-state index in [0.29, 0.717) is 37.0 Å². The van der Waals surface area contributed by atoms with Gasteiger partial charge in [-0.05, 0) is 66.8 Å². The van der Waals surface area contributed by atoms with Gasteiger partial charge in [0.05, 0.1) is 16.6 Å². The van der Waals surface area contributed by atoms with Crippen LogP contribution in [-0.4, -0.2) is 72.3 Å². The Bertz CT molecular complexity index is 1690. The lowest BCUT2D eigenvalue weighted by Gasteiger charge is -2.36. The average Bonchev–Trinajstić information content (AvgIpc) is 3.30. The Kier molecular flexibility index (Phi) is 8.95. The van der Waals surface area contributed by atoms with Gasteiger partial charge in [-0.25, -0.2) is 18.1 Å². The molecule has 0 spiro atoms. The molecule has 3 heterocycles. The number of aryl methyl sites for hydroxylation is 2. The molecular formula is C34H43N5O5S. The first-order valence-electron chi connectivity index (χ1n) is 15.4. The minimum absolute atomic E-state index is 0.0399. The molecule has 11 heteroatoms. The van der Waals surface area contributed by atoms with E-state index in [1.165, 1.54) is 18.2 Å². The number of aromatic nitrogens is 2. The van der Waals surface area contributed by atoms with E-state index in [9.17, 15) is 18.0 Å². The van der Waals surface area contributed by atoms with Gasteiger partial charge in [0.2, 0.25) is 17.7 Å². The largest absolute Gasteiger partial charge is 0.475 e. The Morgan fingerprint density at radius 1 is 1.00 bits per heavy atom. The third-order valence-corrected chi connectivity index (χ3v) is 10.0. The molecule has 4 bridgehead atoms. The molecule has 1 saturated heterocycles. The van der Waals surface area contributed by atoms with Crippen molar-refractivity contribution in [3.63, 3.8) is 0 Å². The summed E-state index contributed by atoms with van der Waals surface area (Å²) in [6.07, 6.45) is 0.525. The number of benzene rings is 2. The van der Waals surface area contributed by atoms with Crippen LogP contribution in [-0.2, 0) is 14.8 Å². The number of ether oxygens (including phenoxy) is 1. The van der Waals surface area contributed by atoms with E-state index in [4.69, 9.17) is 4.74 Å². The molecule has 3 atom stereocenters. The molecule has 1 N–H and O–H groups in total. The van der Waals surface area contributed by atoms with Crippen molar-refractivity contribution in [2.45, 2.75) is 65.8 Å². The molecule has 2 aliphatic heterocycles. The molecule has 0 radical (unpaired) electrons. The van der Waals surface area contributed by atoms with E-state index in [2.05, 4.69) is 49.3 Å². The molecule has 2 aromatic carbocycles. The van der Waals surface area contributed by atoms with Gasteiger partial charge >= 0.3 is 0 Å². The summed E-state index contributed by atoms with van der Waals surface area (Å²) in [5.74, 6) is 0.160. The summed E-state index contributed by atoms with van der Waals surface area (Å²) in [5, 5.41) is 0. The van der Waals surface area contributed by atoms with Gasteiger partial charge in [-0.15, -0.1) is 0 Å². The smallest absolute Gasteiger partial charge is 0.264 e. The average molecular weight is 634 g/mol.